The van der Waals surface area contributed by atoms with E-state index < -0.39 is 0 Å². The third-order valence-electron chi connectivity index (χ3n) is 3.33. The Labute approximate surface area is 126 Å². The molecule has 94 valence electrons. The van der Waals surface area contributed by atoms with Gasteiger partial charge in [-0.1, -0.05) is 42.5 Å². The maximum absolute atomic E-state index is 5.63. The molecule has 2 heteroatoms. The summed E-state index contributed by atoms with van der Waals surface area (Å²) in [6.45, 7) is 0.594. The van der Waals surface area contributed by atoms with Crippen LogP contribution in [-0.2, 0) is 6.54 Å². The number of hydrogen-bond acceptors (Lipinski definition) is 1. The molecule has 3 rings (SSSR count). The van der Waals surface area contributed by atoms with E-state index in [1.165, 1.54) is 31.0 Å². The number of nitrogens with two attached hydrogens (primary N) is 1. The quantitative estimate of drug-likeness (QED) is 0.667. The molecule has 0 amide bonds. The summed E-state index contributed by atoms with van der Waals surface area (Å²) >= 11 is 2.34. The van der Waals surface area contributed by atoms with Crippen LogP contribution in [-0.4, -0.2) is 0 Å². The number of fused-ring (bicyclic) bond motifs is 1. The predicted molar refractivity (Wildman–Crippen MR) is 90.0 cm³/mol. The molecular weight excluding hydrogens is 345 g/mol. The van der Waals surface area contributed by atoms with Crippen molar-refractivity contribution in [2.75, 3.05) is 0 Å². The summed E-state index contributed by atoms with van der Waals surface area (Å²) in [5.41, 5.74) is 9.27. The summed E-state index contributed by atoms with van der Waals surface area (Å²) in [5.74, 6) is 0. The second-order valence-corrected chi connectivity index (χ2v) is 5.85. The molecule has 0 spiro atoms. The van der Waals surface area contributed by atoms with Gasteiger partial charge in [-0.05, 0) is 68.3 Å². The molecular formula is C17H14IN. The molecule has 0 saturated carbocycles. The number of rotatable bonds is 2. The van der Waals surface area contributed by atoms with Crippen molar-refractivity contribution in [2.45, 2.75) is 6.54 Å². The Hall–Kier alpha value is -1.39. The molecule has 2 N–H and O–H groups in total. The summed E-state index contributed by atoms with van der Waals surface area (Å²) in [7, 11) is 0. The van der Waals surface area contributed by atoms with Crippen LogP contribution in [0.1, 0.15) is 5.56 Å². The monoisotopic (exact) mass is 359 g/mol. The summed E-state index contributed by atoms with van der Waals surface area (Å²) in [6.07, 6.45) is 0. The lowest BCUT2D eigenvalue weighted by molar-refractivity contribution is 1.07. The van der Waals surface area contributed by atoms with Gasteiger partial charge in [0.05, 0.1) is 0 Å². The Bertz CT molecular complexity index is 717. The lowest BCUT2D eigenvalue weighted by atomic mass is 10.0. The van der Waals surface area contributed by atoms with Crippen molar-refractivity contribution in [3.63, 3.8) is 0 Å². The Morgan fingerprint density at radius 2 is 1.37 bits per heavy atom. The molecule has 19 heavy (non-hydrogen) atoms. The van der Waals surface area contributed by atoms with Crippen LogP contribution in [0.25, 0.3) is 21.9 Å². The SMILES string of the molecule is NCc1ccc(-c2ccc3cc(I)ccc3c2)cc1. The first-order valence-corrected chi connectivity index (χ1v) is 7.33. The molecule has 0 heterocycles. The standard InChI is InChI=1S/C17H14IN/c18-17-8-7-15-9-14(5-6-16(15)10-17)13-3-1-12(11-19)2-4-13/h1-10H,11,19H2. The van der Waals surface area contributed by atoms with Crippen molar-refractivity contribution in [1.29, 1.82) is 0 Å². The molecule has 0 radical (unpaired) electrons. The fourth-order valence-corrected chi connectivity index (χ4v) is 2.74. The third-order valence-corrected chi connectivity index (χ3v) is 4.00. The maximum atomic E-state index is 5.63. The Kier molecular flexibility index (Phi) is 3.53. The van der Waals surface area contributed by atoms with Gasteiger partial charge >= 0.3 is 0 Å². The number of benzene rings is 3. The summed E-state index contributed by atoms with van der Waals surface area (Å²) in [5, 5.41) is 2.56. The zero-order valence-electron chi connectivity index (χ0n) is 10.4. The van der Waals surface area contributed by atoms with E-state index in [4.69, 9.17) is 5.73 Å². The van der Waals surface area contributed by atoms with Crippen molar-refractivity contribution >= 4 is 33.4 Å². The highest BCUT2D eigenvalue weighted by atomic mass is 127. The van der Waals surface area contributed by atoms with Gasteiger partial charge < -0.3 is 5.73 Å². The van der Waals surface area contributed by atoms with E-state index >= 15 is 0 Å². The van der Waals surface area contributed by atoms with Crippen LogP contribution >= 0.6 is 22.6 Å². The number of halogens is 1. The first-order valence-electron chi connectivity index (χ1n) is 6.25. The van der Waals surface area contributed by atoms with Gasteiger partial charge in [-0.25, -0.2) is 0 Å². The molecule has 0 unspecified atom stereocenters. The van der Waals surface area contributed by atoms with Crippen LogP contribution in [0.15, 0.2) is 60.7 Å². The average molecular weight is 359 g/mol. The normalized spacial score (nSPS) is 10.8. The zero-order chi connectivity index (χ0) is 13.2. The highest BCUT2D eigenvalue weighted by Crippen LogP contribution is 2.25. The molecule has 0 bridgehead atoms. The molecule has 0 aliphatic carbocycles. The second-order valence-electron chi connectivity index (χ2n) is 4.61. The number of hydrogen-bond donors (Lipinski definition) is 1. The Morgan fingerprint density at radius 3 is 2.11 bits per heavy atom. The smallest absolute Gasteiger partial charge is 0.0178 e. The first kappa shape index (κ1) is 12.6. The molecule has 3 aromatic carbocycles. The highest BCUT2D eigenvalue weighted by molar-refractivity contribution is 14.1. The Balaban J connectivity index is 2.06. The van der Waals surface area contributed by atoms with Crippen molar-refractivity contribution in [2.24, 2.45) is 5.73 Å². The van der Waals surface area contributed by atoms with E-state index in [0.29, 0.717) is 6.54 Å². The fourth-order valence-electron chi connectivity index (χ4n) is 2.23. The van der Waals surface area contributed by atoms with E-state index in [1.807, 2.05) is 0 Å². The predicted octanol–water partition coefficient (Wildman–Crippen LogP) is 4.57. The van der Waals surface area contributed by atoms with Crippen LogP contribution in [0.3, 0.4) is 0 Å². The molecule has 0 aromatic heterocycles. The van der Waals surface area contributed by atoms with Crippen LogP contribution in [0.5, 0.6) is 0 Å². The molecule has 3 aromatic rings. The van der Waals surface area contributed by atoms with E-state index in [-0.39, 0.29) is 0 Å². The first-order chi connectivity index (χ1) is 9.26. The molecule has 1 nitrogen and oxygen atoms in total. The lowest BCUT2D eigenvalue weighted by Crippen LogP contribution is -1.95. The summed E-state index contributed by atoms with van der Waals surface area (Å²) in [6, 6.07) is 21.6. The van der Waals surface area contributed by atoms with Gasteiger partial charge in [0.15, 0.2) is 0 Å². The van der Waals surface area contributed by atoms with Crippen molar-refractivity contribution < 1.29 is 0 Å². The van der Waals surface area contributed by atoms with Gasteiger partial charge in [-0.3, -0.25) is 0 Å². The molecule has 0 atom stereocenters. The summed E-state index contributed by atoms with van der Waals surface area (Å²) in [4.78, 5) is 0. The fraction of sp³-hybridized carbons (Fsp3) is 0.0588. The van der Waals surface area contributed by atoms with Crippen molar-refractivity contribution in [3.8, 4) is 11.1 Å². The van der Waals surface area contributed by atoms with Gasteiger partial charge in [0.2, 0.25) is 0 Å². The van der Waals surface area contributed by atoms with E-state index in [9.17, 15) is 0 Å². The molecule has 0 aliphatic heterocycles. The molecule has 0 fully saturated rings. The van der Waals surface area contributed by atoms with Gasteiger partial charge in [0.1, 0.15) is 0 Å². The minimum absolute atomic E-state index is 0.594. The minimum Gasteiger partial charge on any atom is -0.326 e. The summed E-state index contributed by atoms with van der Waals surface area (Å²) < 4.78 is 1.27. The van der Waals surface area contributed by atoms with Crippen LogP contribution in [0.4, 0.5) is 0 Å². The van der Waals surface area contributed by atoms with Gasteiger partial charge in [-0.2, -0.15) is 0 Å². The van der Waals surface area contributed by atoms with E-state index in [0.717, 1.165) is 0 Å². The zero-order valence-corrected chi connectivity index (χ0v) is 12.6. The third kappa shape index (κ3) is 2.65. The van der Waals surface area contributed by atoms with E-state index in [1.54, 1.807) is 0 Å². The average Bonchev–Trinajstić information content (AvgIpc) is 2.47. The van der Waals surface area contributed by atoms with Crippen molar-refractivity contribution in [1.82, 2.24) is 0 Å². The highest BCUT2D eigenvalue weighted by Gasteiger charge is 2.00. The second kappa shape index (κ2) is 5.31. The van der Waals surface area contributed by atoms with Crippen molar-refractivity contribution in [3.05, 3.63) is 69.8 Å². The topological polar surface area (TPSA) is 26.0 Å². The van der Waals surface area contributed by atoms with Gasteiger partial charge in [0.25, 0.3) is 0 Å². The molecule has 0 saturated heterocycles. The van der Waals surface area contributed by atoms with Crippen LogP contribution < -0.4 is 5.73 Å². The van der Waals surface area contributed by atoms with E-state index in [2.05, 4.69) is 83.3 Å². The Morgan fingerprint density at radius 1 is 0.737 bits per heavy atom. The largest absolute Gasteiger partial charge is 0.326 e. The minimum atomic E-state index is 0.594. The van der Waals surface area contributed by atoms with Gasteiger partial charge in [0, 0.05) is 10.1 Å². The van der Waals surface area contributed by atoms with Crippen LogP contribution in [0.2, 0.25) is 0 Å². The van der Waals surface area contributed by atoms with Crippen LogP contribution in [0, 0.1) is 3.57 Å². The maximum Gasteiger partial charge on any atom is 0.0178 e. The van der Waals surface area contributed by atoms with Gasteiger partial charge in [-0.15, -0.1) is 0 Å². The lowest BCUT2D eigenvalue weighted by Gasteiger charge is -2.06. The molecule has 0 aliphatic rings.